The number of hydrogen-bond acceptors (Lipinski definition) is 8. The zero-order valence-electron chi connectivity index (χ0n) is 18.2. The molecule has 174 valence electrons. The number of alkyl halides is 3. The first-order valence-corrected chi connectivity index (χ1v) is 11.9. The Kier molecular flexibility index (Phi) is 6.65. The number of thiophene rings is 1. The van der Waals surface area contributed by atoms with E-state index in [9.17, 15) is 18.4 Å². The highest BCUT2D eigenvalue weighted by molar-refractivity contribution is 7.97. The Labute approximate surface area is 197 Å². The van der Waals surface area contributed by atoms with Crippen molar-refractivity contribution in [1.29, 1.82) is 5.26 Å². The van der Waals surface area contributed by atoms with Crippen molar-refractivity contribution in [3.63, 3.8) is 0 Å². The van der Waals surface area contributed by atoms with Crippen LogP contribution in [0.2, 0.25) is 0 Å². The lowest BCUT2D eigenvalue weighted by molar-refractivity contribution is -0.137. The van der Waals surface area contributed by atoms with Crippen LogP contribution in [0.5, 0.6) is 0 Å². The first-order valence-electron chi connectivity index (χ1n) is 10.3. The van der Waals surface area contributed by atoms with Crippen LogP contribution in [0.3, 0.4) is 0 Å². The quantitative estimate of drug-likeness (QED) is 0.503. The molecule has 0 aliphatic carbocycles. The van der Waals surface area contributed by atoms with Crippen LogP contribution in [0.4, 0.5) is 19.1 Å². The van der Waals surface area contributed by atoms with Crippen molar-refractivity contribution in [1.82, 2.24) is 24.1 Å². The van der Waals surface area contributed by atoms with Crippen LogP contribution in [-0.2, 0) is 13.2 Å². The second-order valence-electron chi connectivity index (χ2n) is 7.99. The molecular formula is C21H22F3N7S2. The molecule has 3 aromatic heterocycles. The van der Waals surface area contributed by atoms with Gasteiger partial charge in [-0.25, -0.2) is 14.3 Å². The van der Waals surface area contributed by atoms with Gasteiger partial charge in [0.2, 0.25) is 5.95 Å². The molecule has 4 heterocycles. The van der Waals surface area contributed by atoms with E-state index in [0.29, 0.717) is 15.3 Å². The van der Waals surface area contributed by atoms with Gasteiger partial charge < -0.3 is 5.32 Å². The molecule has 0 bridgehead atoms. The van der Waals surface area contributed by atoms with Crippen molar-refractivity contribution in [2.24, 2.45) is 13.0 Å². The molecule has 1 aliphatic rings. The minimum Gasteiger partial charge on any atom is -0.351 e. The van der Waals surface area contributed by atoms with Gasteiger partial charge in [-0.1, -0.05) is 6.92 Å². The summed E-state index contributed by atoms with van der Waals surface area (Å²) in [6.45, 7) is 5.42. The van der Waals surface area contributed by atoms with Crippen LogP contribution in [0.25, 0.3) is 10.6 Å². The van der Waals surface area contributed by atoms with Gasteiger partial charge in [-0.2, -0.15) is 23.5 Å². The summed E-state index contributed by atoms with van der Waals surface area (Å²) in [6.07, 6.45) is 0.803. The molecule has 12 heteroatoms. The first-order chi connectivity index (χ1) is 15.6. The summed E-state index contributed by atoms with van der Waals surface area (Å²) in [7, 11) is 1.87. The number of aryl methyl sites for hydroxylation is 2. The molecule has 1 aliphatic heterocycles. The Morgan fingerprint density at radius 3 is 2.73 bits per heavy atom. The fourth-order valence-electron chi connectivity index (χ4n) is 3.72. The van der Waals surface area contributed by atoms with Gasteiger partial charge in [-0.15, -0.1) is 11.3 Å². The third-order valence-electron chi connectivity index (χ3n) is 5.46. The summed E-state index contributed by atoms with van der Waals surface area (Å²) in [5, 5.41) is 16.6. The maximum atomic E-state index is 13.6. The van der Waals surface area contributed by atoms with E-state index in [-0.39, 0.29) is 23.6 Å². The summed E-state index contributed by atoms with van der Waals surface area (Å²) in [6, 6.07) is 3.50. The SMILES string of the molecule is Cc1sc(-c2nc(NC3CCN(Sc4cnn(C)c4)CC3C)ncc2C(F)(F)F)cc1C#N. The molecule has 0 spiro atoms. The normalized spacial score (nSPS) is 19.4. The second-order valence-corrected chi connectivity index (χ2v) is 10.4. The summed E-state index contributed by atoms with van der Waals surface area (Å²) < 4.78 is 44.9. The Morgan fingerprint density at radius 2 is 2.12 bits per heavy atom. The Balaban J connectivity index is 1.52. The van der Waals surface area contributed by atoms with Crippen molar-refractivity contribution < 1.29 is 13.2 Å². The molecule has 7 nitrogen and oxygen atoms in total. The average Bonchev–Trinajstić information content (AvgIpc) is 3.34. The van der Waals surface area contributed by atoms with Gasteiger partial charge in [-0.05, 0) is 37.3 Å². The molecule has 1 fully saturated rings. The second kappa shape index (κ2) is 9.32. The first kappa shape index (κ1) is 23.5. The summed E-state index contributed by atoms with van der Waals surface area (Å²) in [4.78, 5) is 10.2. The van der Waals surface area contributed by atoms with Gasteiger partial charge in [0.1, 0.15) is 11.6 Å². The van der Waals surface area contributed by atoms with E-state index in [2.05, 4.69) is 31.6 Å². The van der Waals surface area contributed by atoms with Crippen molar-refractivity contribution in [2.45, 2.75) is 37.4 Å². The molecule has 0 radical (unpaired) electrons. The van der Waals surface area contributed by atoms with Gasteiger partial charge in [0.05, 0.1) is 27.2 Å². The largest absolute Gasteiger partial charge is 0.420 e. The molecular weight excluding hydrogens is 471 g/mol. The molecule has 4 rings (SSSR count). The smallest absolute Gasteiger partial charge is 0.351 e. The molecule has 3 aromatic rings. The monoisotopic (exact) mass is 493 g/mol. The van der Waals surface area contributed by atoms with Gasteiger partial charge in [0, 0.05) is 43.4 Å². The standard InChI is InChI=1S/C21H22F3N7S2/c1-12-10-31(33-15-8-27-30(3)11-15)5-4-17(12)28-20-26-9-16(21(22,23)24)19(29-20)18-6-14(7-25)13(2)32-18/h6,8-9,11-12,17H,4-5,10H2,1-3H3,(H,26,28,29). The van der Waals surface area contributed by atoms with Crippen LogP contribution in [0.1, 0.15) is 29.3 Å². The fraction of sp³-hybridized carbons (Fsp3) is 0.429. The molecule has 1 N–H and O–H groups in total. The molecule has 33 heavy (non-hydrogen) atoms. The van der Waals surface area contributed by atoms with E-state index < -0.39 is 11.7 Å². The van der Waals surface area contributed by atoms with Crippen LogP contribution in [-0.4, -0.2) is 43.2 Å². The summed E-state index contributed by atoms with van der Waals surface area (Å²) in [5.41, 5.74) is -0.760. The van der Waals surface area contributed by atoms with Gasteiger partial charge in [0.15, 0.2) is 0 Å². The number of piperidine rings is 1. The number of aromatic nitrogens is 4. The van der Waals surface area contributed by atoms with E-state index in [1.54, 1.807) is 23.6 Å². The number of nitrogens with one attached hydrogen (secondary N) is 1. The van der Waals surface area contributed by atoms with Crippen molar-refractivity contribution in [2.75, 3.05) is 18.4 Å². The van der Waals surface area contributed by atoms with Gasteiger partial charge >= 0.3 is 6.18 Å². The van der Waals surface area contributed by atoms with Crippen molar-refractivity contribution in [3.05, 3.63) is 40.7 Å². The van der Waals surface area contributed by atoms with E-state index in [1.807, 2.05) is 25.5 Å². The molecule has 0 aromatic carbocycles. The predicted octanol–water partition coefficient (Wildman–Crippen LogP) is 4.97. The third kappa shape index (κ3) is 5.31. The number of halogens is 3. The lowest BCUT2D eigenvalue weighted by atomic mass is 9.95. The highest BCUT2D eigenvalue weighted by atomic mass is 32.2. The zero-order valence-corrected chi connectivity index (χ0v) is 19.9. The topological polar surface area (TPSA) is 82.7 Å². The van der Waals surface area contributed by atoms with Crippen LogP contribution >= 0.6 is 23.3 Å². The number of anilines is 1. The molecule has 0 amide bonds. The summed E-state index contributed by atoms with van der Waals surface area (Å²) >= 11 is 2.77. The van der Waals surface area contributed by atoms with Gasteiger partial charge in [-0.3, -0.25) is 4.68 Å². The van der Waals surface area contributed by atoms with Crippen molar-refractivity contribution in [3.8, 4) is 16.6 Å². The maximum absolute atomic E-state index is 13.6. The highest BCUT2D eigenvalue weighted by Gasteiger charge is 2.36. The average molecular weight is 494 g/mol. The zero-order chi connectivity index (χ0) is 23.8. The van der Waals surface area contributed by atoms with E-state index in [4.69, 9.17) is 0 Å². The molecule has 1 saturated heterocycles. The number of nitrogens with zero attached hydrogens (tertiary/aromatic N) is 6. The van der Waals surface area contributed by atoms with Crippen molar-refractivity contribution >= 4 is 29.2 Å². The van der Waals surface area contributed by atoms with Gasteiger partial charge in [0.25, 0.3) is 0 Å². The third-order valence-corrected chi connectivity index (χ3v) is 7.53. The summed E-state index contributed by atoms with van der Waals surface area (Å²) in [5.74, 6) is 0.388. The molecule has 2 unspecified atom stereocenters. The lowest BCUT2D eigenvalue weighted by Gasteiger charge is -2.36. The predicted molar refractivity (Wildman–Crippen MR) is 122 cm³/mol. The molecule has 0 saturated carbocycles. The van der Waals surface area contributed by atoms with E-state index in [1.165, 1.54) is 6.07 Å². The number of hydrogen-bond donors (Lipinski definition) is 1. The minimum absolute atomic E-state index is 0.0278. The Hall–Kier alpha value is -2.62. The van der Waals surface area contributed by atoms with Crippen LogP contribution in [0.15, 0.2) is 29.6 Å². The van der Waals surface area contributed by atoms with E-state index in [0.717, 1.165) is 41.9 Å². The Morgan fingerprint density at radius 1 is 1.33 bits per heavy atom. The molecule has 2 atom stereocenters. The maximum Gasteiger partial charge on any atom is 0.420 e. The number of nitriles is 1. The minimum atomic E-state index is -4.60. The van der Waals surface area contributed by atoms with Crippen LogP contribution < -0.4 is 5.32 Å². The van der Waals surface area contributed by atoms with Crippen LogP contribution in [0, 0.1) is 24.2 Å². The van der Waals surface area contributed by atoms with E-state index >= 15 is 0 Å². The Bertz CT molecular complexity index is 1180. The lowest BCUT2D eigenvalue weighted by Crippen LogP contribution is -2.42. The fourth-order valence-corrected chi connectivity index (χ4v) is 5.79. The number of rotatable bonds is 5. The highest BCUT2D eigenvalue weighted by Crippen LogP contribution is 2.39.